The third kappa shape index (κ3) is 2.08. The topological polar surface area (TPSA) is 47.2 Å². The Morgan fingerprint density at radius 3 is 2.57 bits per heavy atom. The number of carbonyl (C=O) groups excluding carboxylic acids is 1. The highest BCUT2D eigenvalue weighted by atomic mass is 16.2. The molecule has 3 aromatic rings. The van der Waals surface area contributed by atoms with Crippen LogP contribution in [-0.4, -0.2) is 21.6 Å². The molecule has 0 bridgehead atoms. The normalized spacial score (nSPS) is 13.5. The molecule has 0 fully saturated rings. The van der Waals surface area contributed by atoms with Crippen molar-refractivity contribution in [2.24, 2.45) is 7.05 Å². The number of para-hydroxylation sites is 3. The molecule has 2 heterocycles. The van der Waals surface area contributed by atoms with Crippen molar-refractivity contribution in [3.05, 3.63) is 64.6 Å². The van der Waals surface area contributed by atoms with Gasteiger partial charge in [-0.05, 0) is 30.2 Å². The number of imidazole rings is 1. The SMILES string of the molecule is Cn1c(=O)n(CC(=O)N2CCc3ccccc32)c2ccccc21. The van der Waals surface area contributed by atoms with E-state index < -0.39 is 0 Å². The van der Waals surface area contributed by atoms with Gasteiger partial charge in [-0.15, -0.1) is 0 Å². The van der Waals surface area contributed by atoms with Crippen LogP contribution in [0.4, 0.5) is 5.69 Å². The van der Waals surface area contributed by atoms with Crippen LogP contribution in [0.25, 0.3) is 11.0 Å². The summed E-state index contributed by atoms with van der Waals surface area (Å²) >= 11 is 0. The Labute approximate surface area is 133 Å². The van der Waals surface area contributed by atoms with Gasteiger partial charge in [-0.3, -0.25) is 13.9 Å². The molecular formula is C18H17N3O2. The smallest absolute Gasteiger partial charge is 0.310 e. The van der Waals surface area contributed by atoms with Crippen molar-refractivity contribution in [1.82, 2.24) is 9.13 Å². The highest BCUT2D eigenvalue weighted by Crippen LogP contribution is 2.27. The molecule has 116 valence electrons. The van der Waals surface area contributed by atoms with Crippen LogP contribution in [0.15, 0.2) is 53.3 Å². The number of anilines is 1. The van der Waals surface area contributed by atoms with Crippen LogP contribution in [0.5, 0.6) is 0 Å². The Kier molecular flexibility index (Phi) is 3.08. The first kappa shape index (κ1) is 13.8. The number of nitrogens with zero attached hydrogens (tertiary/aromatic N) is 3. The molecule has 0 atom stereocenters. The lowest BCUT2D eigenvalue weighted by Gasteiger charge is -2.17. The fraction of sp³-hybridized carbons (Fsp3) is 0.222. The summed E-state index contributed by atoms with van der Waals surface area (Å²) in [5.74, 6) is -0.0478. The first-order chi connectivity index (χ1) is 11.2. The minimum Gasteiger partial charge on any atom is -0.310 e. The highest BCUT2D eigenvalue weighted by molar-refractivity contribution is 5.96. The maximum Gasteiger partial charge on any atom is 0.329 e. The van der Waals surface area contributed by atoms with Crippen LogP contribution < -0.4 is 10.6 Å². The first-order valence-electron chi connectivity index (χ1n) is 7.69. The standard InChI is InChI=1S/C18H17N3O2/c1-19-15-8-4-5-9-16(15)21(18(19)23)12-17(22)20-11-10-13-6-2-3-7-14(13)20/h2-9H,10-12H2,1H3. The number of aromatic nitrogens is 2. The minimum absolute atomic E-state index is 0.0478. The predicted molar refractivity (Wildman–Crippen MR) is 89.7 cm³/mol. The zero-order valence-electron chi connectivity index (χ0n) is 12.9. The van der Waals surface area contributed by atoms with Gasteiger partial charge >= 0.3 is 5.69 Å². The zero-order chi connectivity index (χ0) is 16.0. The summed E-state index contributed by atoms with van der Waals surface area (Å²) in [5, 5.41) is 0. The number of aryl methyl sites for hydroxylation is 1. The summed E-state index contributed by atoms with van der Waals surface area (Å²) in [4.78, 5) is 27.0. The minimum atomic E-state index is -0.160. The molecule has 1 aromatic heterocycles. The van der Waals surface area contributed by atoms with Crippen molar-refractivity contribution in [1.29, 1.82) is 0 Å². The Balaban J connectivity index is 1.71. The van der Waals surface area contributed by atoms with E-state index in [2.05, 4.69) is 0 Å². The first-order valence-corrected chi connectivity index (χ1v) is 7.69. The van der Waals surface area contributed by atoms with Gasteiger partial charge in [0.1, 0.15) is 6.54 Å². The lowest BCUT2D eigenvalue weighted by Crippen LogP contribution is -2.35. The average Bonchev–Trinajstić information content (AvgIpc) is 3.11. The molecule has 0 spiro atoms. The third-order valence-corrected chi connectivity index (χ3v) is 4.53. The summed E-state index contributed by atoms with van der Waals surface area (Å²) in [5.41, 5.74) is 3.62. The maximum absolute atomic E-state index is 12.7. The Bertz CT molecular complexity index is 968. The number of benzene rings is 2. The van der Waals surface area contributed by atoms with Crippen LogP contribution in [0.2, 0.25) is 0 Å². The molecular weight excluding hydrogens is 290 g/mol. The maximum atomic E-state index is 12.7. The largest absolute Gasteiger partial charge is 0.329 e. The van der Waals surface area contributed by atoms with Gasteiger partial charge in [-0.1, -0.05) is 30.3 Å². The van der Waals surface area contributed by atoms with Gasteiger partial charge in [-0.2, -0.15) is 0 Å². The molecule has 0 saturated carbocycles. The van der Waals surface area contributed by atoms with E-state index in [1.165, 1.54) is 5.56 Å². The van der Waals surface area contributed by atoms with Gasteiger partial charge in [0.25, 0.3) is 0 Å². The highest BCUT2D eigenvalue weighted by Gasteiger charge is 2.25. The van der Waals surface area contributed by atoms with Gasteiger partial charge in [0.05, 0.1) is 11.0 Å². The number of rotatable bonds is 2. The molecule has 1 amide bonds. The molecule has 0 radical (unpaired) electrons. The molecule has 5 heteroatoms. The quantitative estimate of drug-likeness (QED) is 0.726. The van der Waals surface area contributed by atoms with E-state index in [1.807, 2.05) is 48.5 Å². The van der Waals surface area contributed by atoms with Crippen LogP contribution in [0.3, 0.4) is 0 Å². The fourth-order valence-corrected chi connectivity index (χ4v) is 3.33. The van der Waals surface area contributed by atoms with Crippen molar-refractivity contribution in [3.63, 3.8) is 0 Å². The fourth-order valence-electron chi connectivity index (χ4n) is 3.33. The van der Waals surface area contributed by atoms with Crippen LogP contribution in [0.1, 0.15) is 5.56 Å². The summed E-state index contributed by atoms with van der Waals surface area (Å²) in [6, 6.07) is 15.5. The Morgan fingerprint density at radius 2 is 1.74 bits per heavy atom. The van der Waals surface area contributed by atoms with E-state index in [-0.39, 0.29) is 18.1 Å². The van der Waals surface area contributed by atoms with Crippen molar-refractivity contribution in [3.8, 4) is 0 Å². The van der Waals surface area contributed by atoms with Gasteiger partial charge in [0.15, 0.2) is 0 Å². The van der Waals surface area contributed by atoms with E-state index in [0.717, 1.165) is 23.1 Å². The lowest BCUT2D eigenvalue weighted by atomic mass is 10.2. The van der Waals surface area contributed by atoms with Crippen molar-refractivity contribution >= 4 is 22.6 Å². The van der Waals surface area contributed by atoms with Crippen molar-refractivity contribution in [2.75, 3.05) is 11.4 Å². The summed E-state index contributed by atoms with van der Waals surface area (Å²) in [6.45, 7) is 0.742. The molecule has 1 aliphatic heterocycles. The summed E-state index contributed by atoms with van der Waals surface area (Å²) in [7, 11) is 1.73. The third-order valence-electron chi connectivity index (χ3n) is 4.53. The van der Waals surface area contributed by atoms with Crippen molar-refractivity contribution in [2.45, 2.75) is 13.0 Å². The molecule has 23 heavy (non-hydrogen) atoms. The second-order valence-electron chi connectivity index (χ2n) is 5.84. The zero-order valence-corrected chi connectivity index (χ0v) is 12.9. The molecule has 5 nitrogen and oxygen atoms in total. The van der Waals surface area contributed by atoms with Gasteiger partial charge < -0.3 is 4.90 Å². The van der Waals surface area contributed by atoms with E-state index in [1.54, 1.807) is 21.1 Å². The van der Waals surface area contributed by atoms with Crippen LogP contribution in [-0.2, 0) is 24.8 Å². The Hall–Kier alpha value is -2.82. The second kappa shape index (κ2) is 5.12. The number of carbonyl (C=O) groups is 1. The van der Waals surface area contributed by atoms with E-state index in [0.29, 0.717) is 6.54 Å². The van der Waals surface area contributed by atoms with Gasteiger partial charge in [-0.25, -0.2) is 4.79 Å². The summed E-state index contributed by atoms with van der Waals surface area (Å²) < 4.78 is 3.14. The number of hydrogen-bond acceptors (Lipinski definition) is 2. The van der Waals surface area contributed by atoms with Gasteiger partial charge in [0.2, 0.25) is 5.91 Å². The number of amides is 1. The number of fused-ring (bicyclic) bond motifs is 2. The summed E-state index contributed by atoms with van der Waals surface area (Å²) in [6.07, 6.45) is 0.867. The van der Waals surface area contributed by atoms with Crippen LogP contribution in [0, 0.1) is 0 Å². The van der Waals surface area contributed by atoms with E-state index in [9.17, 15) is 9.59 Å². The molecule has 0 saturated heterocycles. The Morgan fingerprint density at radius 1 is 1.04 bits per heavy atom. The molecule has 0 aliphatic carbocycles. The molecule has 2 aromatic carbocycles. The monoisotopic (exact) mass is 307 g/mol. The lowest BCUT2D eigenvalue weighted by molar-refractivity contribution is -0.119. The molecule has 0 unspecified atom stereocenters. The molecule has 0 N–H and O–H groups in total. The number of hydrogen-bond donors (Lipinski definition) is 0. The molecule has 4 rings (SSSR count). The molecule has 1 aliphatic rings. The average molecular weight is 307 g/mol. The second-order valence-corrected chi connectivity index (χ2v) is 5.84. The van der Waals surface area contributed by atoms with Gasteiger partial charge in [0, 0.05) is 19.3 Å². The van der Waals surface area contributed by atoms with E-state index in [4.69, 9.17) is 0 Å². The predicted octanol–water partition coefficient (Wildman–Crippen LogP) is 1.93. The van der Waals surface area contributed by atoms with E-state index >= 15 is 0 Å². The van der Waals surface area contributed by atoms with Crippen molar-refractivity contribution < 1.29 is 4.79 Å². The van der Waals surface area contributed by atoms with Crippen LogP contribution >= 0.6 is 0 Å².